The minimum absolute atomic E-state index is 0.0541. The number of hydrogen-bond acceptors (Lipinski definition) is 6. The summed E-state index contributed by atoms with van der Waals surface area (Å²) in [6.07, 6.45) is 0.867. The van der Waals surface area contributed by atoms with Crippen LogP contribution in [0, 0.1) is 11.3 Å². The maximum Gasteiger partial charge on any atom is 0.255 e. The zero-order valence-electron chi connectivity index (χ0n) is 35.2. The Morgan fingerprint density at radius 1 is 0.524 bits per heavy atom. The van der Waals surface area contributed by atoms with Gasteiger partial charge in [-0.3, -0.25) is 34.3 Å². The van der Waals surface area contributed by atoms with Crippen LogP contribution in [0.2, 0.25) is 0 Å². The molecular formula is C53H48N8O2+2. The van der Waals surface area contributed by atoms with Gasteiger partial charge in [-0.05, 0) is 49.5 Å². The standard InChI is InChI=1S/C27H26N4O.C26H20N4O/c1-30(2)26-24(21-16-10-5-11-17-21)29-23(20-14-8-4-9-15-20)25-28-22(27(32)31(25)26)18-19-12-6-3-7-13-19;27-17-22-23(19-12-6-2-7-13-19)29-24(20-14-8-3-9-15-20)25-28-21(26(31)30(22)25)16-18-10-4-1-5-11-18/h3-17,22-23,26H,18H2,1-2H3;1-15,21-22,24H,16H2/p+2. The summed E-state index contributed by atoms with van der Waals surface area (Å²) in [6, 6.07) is 60.3. The average Bonchev–Trinajstić information content (AvgIpc) is 3.84. The number of carbonyl (C=O) groups excluding carboxylic acids is 2. The van der Waals surface area contributed by atoms with Gasteiger partial charge in [0.2, 0.25) is 29.5 Å². The van der Waals surface area contributed by atoms with Gasteiger partial charge in [-0.25, -0.2) is 9.98 Å². The highest BCUT2D eigenvalue weighted by atomic mass is 16.2. The van der Waals surface area contributed by atoms with Crippen molar-refractivity contribution in [3.63, 3.8) is 0 Å². The SMILES string of the molecule is CN(C)C1C(c2ccccc2)=[NH+]C(c2ccccc2)C2=NC(Cc3ccccc3)C(=O)N21.N#CC1C(c2ccccc2)=[NH+]C(c2ccccc2)C2=NC(Cc3ccccc3)C(=O)N21. The van der Waals surface area contributed by atoms with Crippen molar-refractivity contribution in [2.24, 2.45) is 9.98 Å². The van der Waals surface area contributed by atoms with Gasteiger partial charge in [0.15, 0.2) is 17.8 Å². The van der Waals surface area contributed by atoms with E-state index in [2.05, 4.69) is 57.4 Å². The Hall–Kier alpha value is -7.61. The molecule has 6 atom stereocenters. The van der Waals surface area contributed by atoms with Gasteiger partial charge in [-0.1, -0.05) is 158 Å². The lowest BCUT2D eigenvalue weighted by atomic mass is 9.95. The minimum atomic E-state index is -0.741. The van der Waals surface area contributed by atoms with E-state index in [0.29, 0.717) is 18.7 Å². The van der Waals surface area contributed by atoms with Crippen LogP contribution >= 0.6 is 0 Å². The molecule has 10 rings (SSSR count). The number of benzene rings is 6. The molecule has 2 amide bonds. The Kier molecular flexibility index (Phi) is 11.8. The fourth-order valence-electron chi connectivity index (χ4n) is 8.90. The first-order valence-corrected chi connectivity index (χ1v) is 21.3. The molecule has 4 aliphatic rings. The first kappa shape index (κ1) is 40.8. The predicted molar refractivity (Wildman–Crippen MR) is 245 cm³/mol. The number of amidine groups is 2. The number of rotatable bonds is 9. The molecule has 310 valence electrons. The summed E-state index contributed by atoms with van der Waals surface area (Å²) in [4.78, 5) is 49.9. The van der Waals surface area contributed by atoms with E-state index < -0.39 is 18.1 Å². The lowest BCUT2D eigenvalue weighted by molar-refractivity contribution is -0.496. The Morgan fingerprint density at radius 3 is 1.32 bits per heavy atom. The van der Waals surface area contributed by atoms with Gasteiger partial charge in [0, 0.05) is 35.1 Å². The highest BCUT2D eigenvalue weighted by molar-refractivity contribution is 6.16. The summed E-state index contributed by atoms with van der Waals surface area (Å²) in [6.45, 7) is 0. The summed E-state index contributed by atoms with van der Waals surface area (Å²) < 4.78 is 0. The first-order chi connectivity index (χ1) is 30.9. The first-order valence-electron chi connectivity index (χ1n) is 21.3. The number of aliphatic imine (C=N–C) groups is 2. The highest BCUT2D eigenvalue weighted by Crippen LogP contribution is 2.30. The van der Waals surface area contributed by atoms with Crippen LogP contribution in [0.3, 0.4) is 0 Å². The second-order valence-electron chi connectivity index (χ2n) is 16.2. The fraction of sp³-hybridized carbons (Fsp3) is 0.189. The van der Waals surface area contributed by atoms with Crippen LogP contribution in [0.4, 0.5) is 0 Å². The molecular weight excluding hydrogens is 781 g/mol. The van der Waals surface area contributed by atoms with Crippen LogP contribution in [0.25, 0.3) is 0 Å². The van der Waals surface area contributed by atoms with Gasteiger partial charge in [0.1, 0.15) is 12.1 Å². The molecule has 6 unspecified atom stereocenters. The maximum absolute atomic E-state index is 13.8. The van der Waals surface area contributed by atoms with Crippen molar-refractivity contribution in [1.29, 1.82) is 5.26 Å². The minimum Gasteiger partial charge on any atom is -0.280 e. The number of nitriles is 1. The molecule has 6 aromatic rings. The molecule has 0 bridgehead atoms. The topological polar surface area (TPSA) is 120 Å². The molecule has 0 aliphatic carbocycles. The normalized spacial score (nSPS) is 22.4. The monoisotopic (exact) mass is 828 g/mol. The molecule has 0 radical (unpaired) electrons. The average molecular weight is 829 g/mol. The van der Waals surface area contributed by atoms with Crippen molar-refractivity contribution in [2.75, 3.05) is 14.1 Å². The van der Waals surface area contributed by atoms with Gasteiger partial charge in [-0.15, -0.1) is 0 Å². The quantitative estimate of drug-likeness (QED) is 0.228. The second-order valence-corrected chi connectivity index (χ2v) is 16.2. The summed E-state index contributed by atoms with van der Waals surface area (Å²) >= 11 is 0. The van der Waals surface area contributed by atoms with Crippen LogP contribution < -0.4 is 9.98 Å². The van der Waals surface area contributed by atoms with E-state index in [9.17, 15) is 14.9 Å². The summed E-state index contributed by atoms with van der Waals surface area (Å²) in [5, 5.41) is 10.1. The molecule has 10 heteroatoms. The Labute approximate surface area is 367 Å². The lowest BCUT2D eigenvalue weighted by Crippen LogP contribution is -2.86. The Morgan fingerprint density at radius 2 is 0.889 bits per heavy atom. The van der Waals surface area contributed by atoms with Crippen LogP contribution in [-0.2, 0) is 22.4 Å². The molecule has 2 N–H and O–H groups in total. The smallest absolute Gasteiger partial charge is 0.255 e. The molecule has 0 aromatic heterocycles. The number of fused-ring (bicyclic) bond motifs is 2. The zero-order valence-corrected chi connectivity index (χ0v) is 35.2. The van der Waals surface area contributed by atoms with Gasteiger partial charge in [0.25, 0.3) is 11.8 Å². The summed E-state index contributed by atoms with van der Waals surface area (Å²) in [7, 11) is 4.01. The largest absolute Gasteiger partial charge is 0.280 e. The van der Waals surface area contributed by atoms with Gasteiger partial charge in [0.05, 0.1) is 6.07 Å². The fourth-order valence-corrected chi connectivity index (χ4v) is 8.90. The van der Waals surface area contributed by atoms with E-state index in [-0.39, 0.29) is 30.1 Å². The third-order valence-corrected chi connectivity index (χ3v) is 11.9. The van der Waals surface area contributed by atoms with Gasteiger partial charge < -0.3 is 0 Å². The van der Waals surface area contributed by atoms with Gasteiger partial charge in [-0.2, -0.15) is 5.26 Å². The third-order valence-electron chi connectivity index (χ3n) is 11.9. The van der Waals surface area contributed by atoms with Crippen molar-refractivity contribution in [3.05, 3.63) is 215 Å². The number of nitrogens with one attached hydrogen (secondary N) is 2. The highest BCUT2D eigenvalue weighted by Gasteiger charge is 2.53. The predicted octanol–water partition coefficient (Wildman–Crippen LogP) is 4.11. The number of carbonyl (C=O) groups is 2. The van der Waals surface area contributed by atoms with Crippen molar-refractivity contribution in [1.82, 2.24) is 14.7 Å². The summed E-state index contributed by atoms with van der Waals surface area (Å²) in [5.74, 6) is 1.34. The molecule has 4 heterocycles. The van der Waals surface area contributed by atoms with Gasteiger partial charge >= 0.3 is 0 Å². The van der Waals surface area contributed by atoms with Crippen LogP contribution in [0.1, 0.15) is 45.5 Å². The Balaban J connectivity index is 0.000000160. The van der Waals surface area contributed by atoms with Crippen LogP contribution in [0.5, 0.6) is 0 Å². The number of amides is 2. The van der Waals surface area contributed by atoms with Crippen molar-refractivity contribution < 1.29 is 19.6 Å². The van der Waals surface area contributed by atoms with E-state index >= 15 is 0 Å². The van der Waals surface area contributed by atoms with E-state index in [0.717, 1.165) is 50.6 Å². The third kappa shape index (κ3) is 8.27. The molecule has 0 saturated heterocycles. The van der Waals surface area contributed by atoms with E-state index in [1.165, 1.54) is 0 Å². The molecule has 6 aromatic carbocycles. The maximum atomic E-state index is 13.8. The summed E-state index contributed by atoms with van der Waals surface area (Å²) in [5.41, 5.74) is 7.97. The van der Waals surface area contributed by atoms with Crippen LogP contribution in [-0.4, -0.2) is 88.0 Å². The molecule has 10 nitrogen and oxygen atoms in total. The molecule has 63 heavy (non-hydrogen) atoms. The second kappa shape index (κ2) is 18.2. The number of likely N-dealkylation sites (N-methyl/N-ethyl adjacent to an activating group) is 1. The van der Waals surface area contributed by atoms with Crippen molar-refractivity contribution in [3.8, 4) is 6.07 Å². The Bertz CT molecular complexity index is 2740. The lowest BCUT2D eigenvalue weighted by Gasteiger charge is -2.36. The zero-order chi connectivity index (χ0) is 43.3. The number of hydrogen-bond donors (Lipinski definition) is 2. The molecule has 0 saturated carbocycles. The van der Waals surface area contributed by atoms with Crippen molar-refractivity contribution >= 4 is 34.9 Å². The molecule has 0 spiro atoms. The van der Waals surface area contributed by atoms with Crippen LogP contribution in [0.15, 0.2) is 192 Å². The van der Waals surface area contributed by atoms with Crippen molar-refractivity contribution in [2.45, 2.75) is 49.2 Å². The number of nitrogens with zero attached hydrogens (tertiary/aromatic N) is 6. The van der Waals surface area contributed by atoms with E-state index in [1.807, 2.05) is 165 Å². The van der Waals surface area contributed by atoms with E-state index in [4.69, 9.17) is 9.98 Å². The molecule has 0 fully saturated rings. The van der Waals surface area contributed by atoms with E-state index in [1.54, 1.807) is 4.90 Å². The molecule has 4 aliphatic heterocycles.